The number of nitrogens with zero attached hydrogens (tertiary/aromatic N) is 1. The van der Waals surface area contributed by atoms with Crippen LogP contribution in [0.2, 0.25) is 0 Å². The molecule has 14 heavy (non-hydrogen) atoms. The number of aliphatic hydroxyl groups excluding tert-OH is 1. The van der Waals surface area contributed by atoms with Crippen molar-refractivity contribution < 1.29 is 5.11 Å². The second-order valence-corrected chi connectivity index (χ2v) is 3.75. The van der Waals surface area contributed by atoms with Crippen molar-refractivity contribution in [1.82, 2.24) is 10.4 Å². The molecule has 0 aliphatic carbocycles. The molecular weight excluding hydrogens is 176 g/mol. The minimum atomic E-state index is -0.386. The van der Waals surface area contributed by atoms with Crippen LogP contribution in [0.1, 0.15) is 52.9 Å². The number of hydrogen-bond donors (Lipinski definition) is 2. The Balaban J connectivity index is 3.65. The lowest BCUT2D eigenvalue weighted by Gasteiger charge is -2.25. The normalized spacial score (nSPS) is 13.5. The van der Waals surface area contributed by atoms with Gasteiger partial charge in [0, 0.05) is 13.1 Å². The van der Waals surface area contributed by atoms with Gasteiger partial charge < -0.3 is 5.11 Å². The van der Waals surface area contributed by atoms with Gasteiger partial charge in [-0.15, -0.1) is 0 Å². The minimum absolute atomic E-state index is 0.386. The summed E-state index contributed by atoms with van der Waals surface area (Å²) in [6.07, 6.45) is 5.22. The van der Waals surface area contributed by atoms with E-state index < -0.39 is 0 Å². The maximum absolute atomic E-state index is 9.46. The molecule has 0 bridgehead atoms. The van der Waals surface area contributed by atoms with E-state index in [4.69, 9.17) is 0 Å². The molecule has 1 atom stereocenters. The van der Waals surface area contributed by atoms with Crippen LogP contribution >= 0.6 is 0 Å². The number of unbranched alkanes of at least 4 members (excludes halogenated alkanes) is 2. The van der Waals surface area contributed by atoms with Crippen molar-refractivity contribution in [2.75, 3.05) is 13.1 Å². The van der Waals surface area contributed by atoms with E-state index >= 15 is 0 Å². The van der Waals surface area contributed by atoms with Crippen LogP contribution in [0.25, 0.3) is 0 Å². The van der Waals surface area contributed by atoms with E-state index in [1.807, 2.05) is 6.92 Å². The summed E-state index contributed by atoms with van der Waals surface area (Å²) >= 11 is 0. The monoisotopic (exact) mass is 202 g/mol. The second-order valence-electron chi connectivity index (χ2n) is 3.75. The Morgan fingerprint density at radius 3 is 2.29 bits per heavy atom. The predicted molar refractivity (Wildman–Crippen MR) is 60.8 cm³/mol. The van der Waals surface area contributed by atoms with Crippen LogP contribution in [0.3, 0.4) is 0 Å². The minimum Gasteiger partial charge on any atom is -0.377 e. The largest absolute Gasteiger partial charge is 0.377 e. The molecule has 0 aromatic carbocycles. The molecule has 0 radical (unpaired) electrons. The third kappa shape index (κ3) is 7.30. The van der Waals surface area contributed by atoms with Crippen molar-refractivity contribution in [2.24, 2.45) is 0 Å². The van der Waals surface area contributed by atoms with E-state index in [1.54, 1.807) is 0 Å². The summed E-state index contributed by atoms with van der Waals surface area (Å²) in [6, 6.07) is 0. The zero-order valence-electron chi connectivity index (χ0n) is 9.92. The van der Waals surface area contributed by atoms with Crippen LogP contribution < -0.4 is 5.43 Å². The number of nitrogens with one attached hydrogen (secondary N) is 1. The zero-order chi connectivity index (χ0) is 10.8. The summed E-state index contributed by atoms with van der Waals surface area (Å²) in [4.78, 5) is 0. The van der Waals surface area contributed by atoms with Gasteiger partial charge >= 0.3 is 0 Å². The molecule has 0 aliphatic rings. The van der Waals surface area contributed by atoms with Gasteiger partial charge in [0.1, 0.15) is 6.23 Å². The molecule has 0 saturated carbocycles. The zero-order valence-corrected chi connectivity index (χ0v) is 9.92. The van der Waals surface area contributed by atoms with Gasteiger partial charge in [0.05, 0.1) is 0 Å². The molecule has 0 saturated heterocycles. The molecule has 0 spiro atoms. The smallest absolute Gasteiger partial charge is 0.117 e. The molecule has 0 fully saturated rings. The lowest BCUT2D eigenvalue weighted by molar-refractivity contribution is 0.0313. The SMILES string of the molecule is CCCCCN(CCC)N[C@@H](O)CC. The Bertz CT molecular complexity index is 120. The number of aliphatic hydroxyl groups is 1. The van der Waals surface area contributed by atoms with Gasteiger partial charge in [-0.2, -0.15) is 0 Å². The van der Waals surface area contributed by atoms with Crippen molar-refractivity contribution in [3.05, 3.63) is 0 Å². The first-order valence-electron chi connectivity index (χ1n) is 5.93. The average molecular weight is 202 g/mol. The number of hydrazine groups is 1. The van der Waals surface area contributed by atoms with Crippen LogP contribution in [0, 0.1) is 0 Å². The predicted octanol–water partition coefficient (Wildman–Crippen LogP) is 2.12. The van der Waals surface area contributed by atoms with Gasteiger partial charge in [0.25, 0.3) is 0 Å². The molecule has 0 rings (SSSR count). The standard InChI is InChI=1S/C11H26N2O/c1-4-7-8-10-13(9-5-2)12-11(14)6-3/h11-12,14H,4-10H2,1-3H3/t11-/m0/s1. The first kappa shape index (κ1) is 13.9. The van der Waals surface area contributed by atoms with Crippen molar-refractivity contribution in [1.29, 1.82) is 0 Å². The quantitative estimate of drug-likeness (QED) is 0.341. The third-order valence-electron chi connectivity index (χ3n) is 2.24. The van der Waals surface area contributed by atoms with E-state index in [2.05, 4.69) is 24.3 Å². The maximum atomic E-state index is 9.46. The van der Waals surface area contributed by atoms with Gasteiger partial charge in [-0.3, -0.25) is 0 Å². The van der Waals surface area contributed by atoms with Crippen LogP contribution in [-0.4, -0.2) is 29.4 Å². The van der Waals surface area contributed by atoms with E-state index in [-0.39, 0.29) is 6.23 Å². The van der Waals surface area contributed by atoms with Crippen LogP contribution in [0.4, 0.5) is 0 Å². The highest BCUT2D eigenvalue weighted by molar-refractivity contribution is 4.54. The second kappa shape index (κ2) is 9.44. The van der Waals surface area contributed by atoms with E-state index in [1.165, 1.54) is 19.3 Å². The molecule has 0 aromatic rings. The Kier molecular flexibility index (Phi) is 9.35. The Morgan fingerprint density at radius 2 is 1.79 bits per heavy atom. The van der Waals surface area contributed by atoms with E-state index in [9.17, 15) is 5.11 Å². The van der Waals surface area contributed by atoms with Gasteiger partial charge in [-0.25, -0.2) is 10.4 Å². The summed E-state index contributed by atoms with van der Waals surface area (Å²) < 4.78 is 0. The first-order chi connectivity index (χ1) is 6.74. The highest BCUT2D eigenvalue weighted by Gasteiger charge is 2.06. The van der Waals surface area contributed by atoms with Gasteiger partial charge in [0.15, 0.2) is 0 Å². The topological polar surface area (TPSA) is 35.5 Å². The summed E-state index contributed by atoms with van der Waals surface area (Å²) in [5.41, 5.74) is 3.12. The number of hydrogen-bond acceptors (Lipinski definition) is 3. The molecule has 3 heteroatoms. The Labute approximate surface area is 88.5 Å². The Morgan fingerprint density at radius 1 is 1.07 bits per heavy atom. The lowest BCUT2D eigenvalue weighted by Crippen LogP contribution is -2.45. The summed E-state index contributed by atoms with van der Waals surface area (Å²) in [6.45, 7) is 8.40. The van der Waals surface area contributed by atoms with Crippen LogP contribution in [-0.2, 0) is 0 Å². The third-order valence-corrected chi connectivity index (χ3v) is 2.24. The lowest BCUT2D eigenvalue weighted by atomic mass is 10.2. The highest BCUT2D eigenvalue weighted by atomic mass is 16.3. The summed E-state index contributed by atoms with van der Waals surface area (Å²) in [5.74, 6) is 0. The van der Waals surface area contributed by atoms with Crippen molar-refractivity contribution in [2.45, 2.75) is 59.1 Å². The van der Waals surface area contributed by atoms with Gasteiger partial charge in [-0.05, 0) is 19.3 Å². The number of rotatable bonds is 9. The van der Waals surface area contributed by atoms with Gasteiger partial charge in [0.2, 0.25) is 0 Å². The summed E-state index contributed by atoms with van der Waals surface area (Å²) in [5, 5.41) is 11.6. The van der Waals surface area contributed by atoms with Gasteiger partial charge in [-0.1, -0.05) is 33.6 Å². The molecule has 0 heterocycles. The van der Waals surface area contributed by atoms with Crippen LogP contribution in [0.5, 0.6) is 0 Å². The molecule has 86 valence electrons. The molecule has 0 aromatic heterocycles. The van der Waals surface area contributed by atoms with Crippen LogP contribution in [0.15, 0.2) is 0 Å². The molecule has 3 nitrogen and oxygen atoms in total. The molecule has 0 aliphatic heterocycles. The fourth-order valence-electron chi connectivity index (χ4n) is 1.37. The maximum Gasteiger partial charge on any atom is 0.117 e. The van der Waals surface area contributed by atoms with Crippen molar-refractivity contribution >= 4 is 0 Å². The van der Waals surface area contributed by atoms with E-state index in [0.29, 0.717) is 0 Å². The molecule has 2 N–H and O–H groups in total. The highest BCUT2D eigenvalue weighted by Crippen LogP contribution is 1.98. The van der Waals surface area contributed by atoms with Crippen molar-refractivity contribution in [3.63, 3.8) is 0 Å². The molecule has 0 amide bonds. The molecule has 0 unspecified atom stereocenters. The van der Waals surface area contributed by atoms with Crippen molar-refractivity contribution in [3.8, 4) is 0 Å². The molecular formula is C11H26N2O. The summed E-state index contributed by atoms with van der Waals surface area (Å²) in [7, 11) is 0. The van der Waals surface area contributed by atoms with E-state index in [0.717, 1.165) is 25.9 Å². The first-order valence-corrected chi connectivity index (χ1v) is 5.93. The fourth-order valence-corrected chi connectivity index (χ4v) is 1.37. The fraction of sp³-hybridized carbons (Fsp3) is 1.00. The Hall–Kier alpha value is -0.120. The average Bonchev–Trinajstić information content (AvgIpc) is 2.18.